The van der Waals surface area contributed by atoms with Crippen LogP contribution in [0.3, 0.4) is 0 Å². The van der Waals surface area contributed by atoms with E-state index in [0.29, 0.717) is 0 Å². The molecule has 0 aliphatic carbocycles. The number of rotatable bonds is 1. The lowest BCUT2D eigenvalue weighted by Gasteiger charge is -2.00. The largest absolute Gasteiger partial charge is 0.412 e. The first-order chi connectivity index (χ1) is 4.72. The molecule has 11 heavy (non-hydrogen) atoms. The zero-order valence-corrected chi connectivity index (χ0v) is 7.44. The van der Waals surface area contributed by atoms with Crippen molar-refractivity contribution in [3.63, 3.8) is 0 Å². The Kier molecular flexibility index (Phi) is 3.93. The van der Waals surface area contributed by atoms with Crippen LogP contribution in [0.2, 0.25) is 0 Å². The Morgan fingerprint density at radius 1 is 1.09 bits per heavy atom. The summed E-state index contributed by atoms with van der Waals surface area (Å²) in [5.41, 5.74) is 2.33. The van der Waals surface area contributed by atoms with Crippen LogP contribution in [0.1, 0.15) is 11.1 Å². The highest BCUT2D eigenvalue weighted by Gasteiger charge is 1.93. The lowest BCUT2D eigenvalue weighted by molar-refractivity contribution is 0.334. The summed E-state index contributed by atoms with van der Waals surface area (Å²) in [4.78, 5) is 4.58. The minimum Gasteiger partial charge on any atom is -0.412 e. The van der Waals surface area contributed by atoms with E-state index in [4.69, 9.17) is 5.90 Å². The predicted octanol–water partition coefficient (Wildman–Crippen LogP) is 1.98. The van der Waals surface area contributed by atoms with E-state index in [1.54, 1.807) is 0 Å². The van der Waals surface area contributed by atoms with Gasteiger partial charge >= 0.3 is 0 Å². The molecule has 0 heterocycles. The number of aryl methyl sites for hydroxylation is 2. The molecule has 0 amide bonds. The number of hydrogen-bond donors (Lipinski definition) is 1. The van der Waals surface area contributed by atoms with Crippen LogP contribution in [0.15, 0.2) is 18.2 Å². The topological polar surface area (TPSA) is 35.2 Å². The Balaban J connectivity index is 0.000001000. The average molecular weight is 174 g/mol. The molecule has 0 aromatic heterocycles. The van der Waals surface area contributed by atoms with Gasteiger partial charge in [0.2, 0.25) is 0 Å². The highest BCUT2D eigenvalue weighted by Crippen LogP contribution is 2.14. The maximum Gasteiger partial charge on any atom is 0.147 e. The van der Waals surface area contributed by atoms with Crippen molar-refractivity contribution in [3.8, 4) is 5.75 Å². The second-order valence-electron chi connectivity index (χ2n) is 2.44. The third kappa shape index (κ3) is 2.78. The summed E-state index contributed by atoms with van der Waals surface area (Å²) in [5.74, 6) is 5.71. The molecular formula is C8H12ClNO. The molecule has 0 fully saturated rings. The average Bonchev–Trinajstić information content (AvgIpc) is 1.85. The normalized spacial score (nSPS) is 8.64. The van der Waals surface area contributed by atoms with Crippen LogP contribution >= 0.6 is 12.4 Å². The molecule has 1 rings (SSSR count). The summed E-state index contributed by atoms with van der Waals surface area (Å²) in [5, 5.41) is 0. The zero-order chi connectivity index (χ0) is 7.56. The van der Waals surface area contributed by atoms with E-state index in [1.165, 1.54) is 11.1 Å². The molecule has 2 nitrogen and oxygen atoms in total. The number of hydrogen-bond acceptors (Lipinski definition) is 2. The molecule has 1 aromatic carbocycles. The van der Waals surface area contributed by atoms with Gasteiger partial charge in [-0.1, -0.05) is 6.07 Å². The number of nitrogens with two attached hydrogens (primary N) is 1. The Bertz CT molecular complexity index is 217. The van der Waals surface area contributed by atoms with Crippen LogP contribution in [-0.4, -0.2) is 0 Å². The van der Waals surface area contributed by atoms with E-state index in [2.05, 4.69) is 10.9 Å². The van der Waals surface area contributed by atoms with Crippen molar-refractivity contribution in [2.75, 3.05) is 0 Å². The fourth-order valence-corrected chi connectivity index (χ4v) is 1.00. The maximum absolute atomic E-state index is 4.99. The third-order valence-electron chi connectivity index (χ3n) is 1.33. The van der Waals surface area contributed by atoms with Gasteiger partial charge in [-0.05, 0) is 37.1 Å². The molecule has 0 saturated carbocycles. The van der Waals surface area contributed by atoms with Crippen molar-refractivity contribution >= 4 is 12.4 Å². The van der Waals surface area contributed by atoms with Gasteiger partial charge in [-0.15, -0.1) is 12.4 Å². The molecule has 1 aromatic rings. The summed E-state index contributed by atoms with van der Waals surface area (Å²) < 4.78 is 0. The Morgan fingerprint density at radius 3 is 1.91 bits per heavy atom. The van der Waals surface area contributed by atoms with Gasteiger partial charge in [0.25, 0.3) is 0 Å². The van der Waals surface area contributed by atoms with E-state index in [9.17, 15) is 0 Å². The SMILES string of the molecule is Cc1cc(C)cc(ON)c1.Cl. The summed E-state index contributed by atoms with van der Waals surface area (Å²) in [6.07, 6.45) is 0. The van der Waals surface area contributed by atoms with Crippen molar-refractivity contribution in [1.82, 2.24) is 0 Å². The van der Waals surface area contributed by atoms with Gasteiger partial charge in [0.1, 0.15) is 5.75 Å². The molecule has 62 valence electrons. The lowest BCUT2D eigenvalue weighted by Crippen LogP contribution is -2.01. The number of benzene rings is 1. The van der Waals surface area contributed by atoms with Crippen LogP contribution < -0.4 is 10.7 Å². The fraction of sp³-hybridized carbons (Fsp3) is 0.250. The van der Waals surface area contributed by atoms with Crippen LogP contribution in [0, 0.1) is 13.8 Å². The van der Waals surface area contributed by atoms with Gasteiger partial charge in [0, 0.05) is 0 Å². The van der Waals surface area contributed by atoms with Gasteiger partial charge in [0.15, 0.2) is 0 Å². The fourth-order valence-electron chi connectivity index (χ4n) is 1.00. The van der Waals surface area contributed by atoms with Crippen molar-refractivity contribution < 1.29 is 4.84 Å². The van der Waals surface area contributed by atoms with E-state index >= 15 is 0 Å². The Morgan fingerprint density at radius 2 is 1.55 bits per heavy atom. The van der Waals surface area contributed by atoms with Crippen LogP contribution in [0.4, 0.5) is 0 Å². The van der Waals surface area contributed by atoms with Gasteiger partial charge in [-0.3, -0.25) is 0 Å². The van der Waals surface area contributed by atoms with Crippen LogP contribution in [0.5, 0.6) is 5.75 Å². The van der Waals surface area contributed by atoms with Gasteiger partial charge in [-0.25, -0.2) is 0 Å². The molecule has 0 radical (unpaired) electrons. The van der Waals surface area contributed by atoms with Gasteiger partial charge in [0.05, 0.1) is 0 Å². The highest BCUT2D eigenvalue weighted by atomic mass is 35.5. The summed E-state index contributed by atoms with van der Waals surface area (Å²) in [7, 11) is 0. The smallest absolute Gasteiger partial charge is 0.147 e. The highest BCUT2D eigenvalue weighted by molar-refractivity contribution is 5.85. The lowest BCUT2D eigenvalue weighted by atomic mass is 10.1. The van der Waals surface area contributed by atoms with Gasteiger partial charge in [-0.2, -0.15) is 5.90 Å². The molecule has 0 bridgehead atoms. The molecule has 2 N–H and O–H groups in total. The van der Waals surface area contributed by atoms with Crippen LogP contribution in [0.25, 0.3) is 0 Å². The van der Waals surface area contributed by atoms with Crippen molar-refractivity contribution in [2.24, 2.45) is 5.90 Å². The quantitative estimate of drug-likeness (QED) is 0.660. The van der Waals surface area contributed by atoms with E-state index in [-0.39, 0.29) is 12.4 Å². The number of halogens is 1. The maximum atomic E-state index is 4.99. The Hall–Kier alpha value is -0.730. The first kappa shape index (κ1) is 10.3. The molecule has 3 heteroatoms. The molecule has 0 aliphatic rings. The molecule has 0 unspecified atom stereocenters. The first-order valence-corrected chi connectivity index (χ1v) is 3.17. The van der Waals surface area contributed by atoms with Gasteiger partial charge < -0.3 is 4.84 Å². The van der Waals surface area contributed by atoms with Crippen molar-refractivity contribution in [3.05, 3.63) is 29.3 Å². The second-order valence-corrected chi connectivity index (χ2v) is 2.44. The van der Waals surface area contributed by atoms with E-state index < -0.39 is 0 Å². The second kappa shape index (κ2) is 4.21. The van der Waals surface area contributed by atoms with Crippen molar-refractivity contribution in [1.29, 1.82) is 0 Å². The molecule has 0 aliphatic heterocycles. The summed E-state index contributed by atoms with van der Waals surface area (Å²) >= 11 is 0. The zero-order valence-electron chi connectivity index (χ0n) is 6.63. The third-order valence-corrected chi connectivity index (χ3v) is 1.33. The first-order valence-electron chi connectivity index (χ1n) is 3.17. The molecule has 0 saturated heterocycles. The predicted molar refractivity (Wildman–Crippen MR) is 48.0 cm³/mol. The summed E-state index contributed by atoms with van der Waals surface area (Å²) in [6, 6.07) is 5.86. The standard InChI is InChI=1S/C8H11NO.ClH/c1-6-3-7(2)5-8(4-6)10-9;/h3-5H,9H2,1-2H3;1H. The summed E-state index contributed by atoms with van der Waals surface area (Å²) in [6.45, 7) is 4.02. The molecular weight excluding hydrogens is 162 g/mol. The molecule has 0 atom stereocenters. The van der Waals surface area contributed by atoms with Crippen LogP contribution in [-0.2, 0) is 0 Å². The van der Waals surface area contributed by atoms with E-state index in [1.807, 2.05) is 26.0 Å². The minimum absolute atomic E-state index is 0. The minimum atomic E-state index is 0. The Labute approximate surface area is 72.7 Å². The molecule has 0 spiro atoms. The van der Waals surface area contributed by atoms with E-state index in [0.717, 1.165) is 5.75 Å². The monoisotopic (exact) mass is 173 g/mol. The van der Waals surface area contributed by atoms with Crippen molar-refractivity contribution in [2.45, 2.75) is 13.8 Å².